The van der Waals surface area contributed by atoms with Crippen molar-refractivity contribution in [2.24, 2.45) is 0 Å². The van der Waals surface area contributed by atoms with Crippen LogP contribution in [0.2, 0.25) is 5.15 Å². The number of halogens is 4. The number of pyridine rings is 1. The molecule has 0 spiro atoms. The molecule has 0 aliphatic carbocycles. The second-order valence-corrected chi connectivity index (χ2v) is 3.03. The highest BCUT2D eigenvalue weighted by Gasteiger charge is 2.16. The van der Waals surface area contributed by atoms with Crippen LogP contribution in [0.15, 0.2) is 6.07 Å². The van der Waals surface area contributed by atoms with E-state index in [1.54, 1.807) is 6.07 Å². The predicted octanol–water partition coefficient (Wildman–Crippen LogP) is 3.28. The minimum Gasteiger partial charge on any atom is -0.238 e. The van der Waals surface area contributed by atoms with Gasteiger partial charge in [0.2, 0.25) is 0 Å². The van der Waals surface area contributed by atoms with E-state index in [1.807, 2.05) is 0 Å². The fourth-order valence-electron chi connectivity index (χ4n) is 0.893. The van der Waals surface area contributed by atoms with Gasteiger partial charge in [-0.2, -0.15) is 5.26 Å². The van der Waals surface area contributed by atoms with Gasteiger partial charge in [-0.25, -0.2) is 13.8 Å². The van der Waals surface area contributed by atoms with Crippen molar-refractivity contribution in [2.45, 2.75) is 12.3 Å². The Bertz CT molecular complexity index is 388. The topological polar surface area (TPSA) is 36.7 Å². The molecule has 14 heavy (non-hydrogen) atoms. The molecular weight excluding hydrogens is 233 g/mol. The van der Waals surface area contributed by atoms with Crippen LogP contribution in [-0.2, 0) is 5.88 Å². The highest BCUT2D eigenvalue weighted by Crippen LogP contribution is 2.27. The molecule has 2 nitrogen and oxygen atoms in total. The lowest BCUT2D eigenvalue weighted by atomic mass is 10.1. The van der Waals surface area contributed by atoms with Gasteiger partial charge in [0, 0.05) is 0 Å². The maximum atomic E-state index is 12.3. The summed E-state index contributed by atoms with van der Waals surface area (Å²) in [6, 6.07) is 2.74. The van der Waals surface area contributed by atoms with Gasteiger partial charge < -0.3 is 0 Å². The fraction of sp³-hybridized carbons (Fsp3) is 0.250. The number of hydrogen-bond acceptors (Lipinski definition) is 2. The number of nitriles is 1. The molecular formula is C8H4Cl2F2N2. The maximum absolute atomic E-state index is 12.3. The van der Waals surface area contributed by atoms with Crippen molar-refractivity contribution in [3.05, 3.63) is 28.0 Å². The molecule has 0 radical (unpaired) electrons. The van der Waals surface area contributed by atoms with Crippen LogP contribution in [0.4, 0.5) is 8.78 Å². The van der Waals surface area contributed by atoms with Crippen LogP contribution in [0, 0.1) is 11.3 Å². The average molecular weight is 237 g/mol. The van der Waals surface area contributed by atoms with Gasteiger partial charge >= 0.3 is 0 Å². The zero-order valence-electron chi connectivity index (χ0n) is 6.77. The molecule has 0 aliphatic rings. The molecule has 0 saturated carbocycles. The van der Waals surface area contributed by atoms with Crippen LogP contribution in [-0.4, -0.2) is 4.98 Å². The highest BCUT2D eigenvalue weighted by molar-refractivity contribution is 6.30. The molecule has 1 rings (SSSR count). The van der Waals surface area contributed by atoms with Crippen LogP contribution in [0.1, 0.15) is 23.2 Å². The third kappa shape index (κ3) is 2.11. The number of nitrogens with zero attached hydrogens (tertiary/aromatic N) is 2. The van der Waals surface area contributed by atoms with Crippen LogP contribution >= 0.6 is 23.2 Å². The van der Waals surface area contributed by atoms with E-state index in [2.05, 4.69) is 4.98 Å². The van der Waals surface area contributed by atoms with Gasteiger partial charge in [0.05, 0.1) is 22.7 Å². The number of hydrogen-bond donors (Lipinski definition) is 0. The monoisotopic (exact) mass is 236 g/mol. The standard InChI is InChI=1S/C8H4Cl2F2N2/c9-2-6-4(3-13)1-5(8(11)12)7(10)14-6/h1,8H,2H2. The Morgan fingerprint density at radius 3 is 2.64 bits per heavy atom. The highest BCUT2D eigenvalue weighted by atomic mass is 35.5. The van der Waals surface area contributed by atoms with Crippen LogP contribution in [0.25, 0.3) is 0 Å². The lowest BCUT2D eigenvalue weighted by Gasteiger charge is -2.05. The summed E-state index contributed by atoms with van der Waals surface area (Å²) < 4.78 is 24.6. The molecule has 0 unspecified atom stereocenters. The van der Waals surface area contributed by atoms with Crippen molar-refractivity contribution >= 4 is 23.2 Å². The predicted molar refractivity (Wildman–Crippen MR) is 48.5 cm³/mol. The number of rotatable bonds is 2. The SMILES string of the molecule is N#Cc1cc(C(F)F)c(Cl)nc1CCl. The summed E-state index contributed by atoms with van der Waals surface area (Å²) in [5.41, 5.74) is -0.208. The molecule has 0 N–H and O–H groups in total. The van der Waals surface area contributed by atoms with Crippen molar-refractivity contribution in [1.82, 2.24) is 4.98 Å². The van der Waals surface area contributed by atoms with Crippen LogP contribution in [0.5, 0.6) is 0 Å². The Balaban J connectivity index is 3.32. The average Bonchev–Trinajstić information content (AvgIpc) is 2.16. The van der Waals surface area contributed by atoms with Gasteiger partial charge in [-0.3, -0.25) is 0 Å². The zero-order chi connectivity index (χ0) is 10.7. The lowest BCUT2D eigenvalue weighted by Crippen LogP contribution is -1.97. The smallest absolute Gasteiger partial charge is 0.238 e. The third-order valence-corrected chi connectivity index (χ3v) is 2.12. The van der Waals surface area contributed by atoms with Crippen LogP contribution < -0.4 is 0 Å². The number of aromatic nitrogens is 1. The molecule has 0 saturated heterocycles. The van der Waals surface area contributed by atoms with E-state index in [1.165, 1.54) is 0 Å². The first-order valence-electron chi connectivity index (χ1n) is 3.53. The molecule has 1 aromatic rings. The normalized spacial score (nSPS) is 10.3. The van der Waals surface area contributed by atoms with Crippen molar-refractivity contribution in [1.29, 1.82) is 5.26 Å². The summed E-state index contributed by atoms with van der Waals surface area (Å²) in [5, 5.41) is 8.30. The summed E-state index contributed by atoms with van der Waals surface area (Å²) in [6.07, 6.45) is -2.74. The molecule has 0 bridgehead atoms. The van der Waals surface area contributed by atoms with Gasteiger partial charge in [-0.05, 0) is 6.07 Å². The number of alkyl halides is 3. The third-order valence-electron chi connectivity index (χ3n) is 1.56. The summed E-state index contributed by atoms with van der Waals surface area (Å²) in [7, 11) is 0. The summed E-state index contributed by atoms with van der Waals surface area (Å²) in [5.74, 6) is -0.0356. The van der Waals surface area contributed by atoms with Crippen molar-refractivity contribution < 1.29 is 8.78 Å². The van der Waals surface area contributed by atoms with E-state index in [0.717, 1.165) is 6.07 Å². The molecule has 0 aliphatic heterocycles. The molecule has 74 valence electrons. The Morgan fingerprint density at radius 2 is 2.21 bits per heavy atom. The van der Waals surface area contributed by atoms with E-state index in [-0.39, 0.29) is 22.3 Å². The Kier molecular flexibility index (Phi) is 3.62. The molecule has 1 aromatic heterocycles. The van der Waals surface area contributed by atoms with Gasteiger partial charge in [-0.15, -0.1) is 11.6 Å². The first kappa shape index (κ1) is 11.2. The first-order valence-corrected chi connectivity index (χ1v) is 4.45. The molecule has 0 amide bonds. The fourth-order valence-corrected chi connectivity index (χ4v) is 1.34. The molecule has 6 heteroatoms. The van der Waals surface area contributed by atoms with Gasteiger partial charge in [0.25, 0.3) is 6.43 Å². The quantitative estimate of drug-likeness (QED) is 0.584. The van der Waals surface area contributed by atoms with E-state index in [4.69, 9.17) is 28.5 Å². The summed E-state index contributed by atoms with van der Waals surface area (Å²) >= 11 is 10.9. The van der Waals surface area contributed by atoms with E-state index >= 15 is 0 Å². The van der Waals surface area contributed by atoms with E-state index in [0.29, 0.717) is 0 Å². The molecule has 0 fully saturated rings. The Hall–Kier alpha value is -0.920. The Labute approximate surface area is 89.1 Å². The van der Waals surface area contributed by atoms with E-state index in [9.17, 15) is 8.78 Å². The lowest BCUT2D eigenvalue weighted by molar-refractivity contribution is 0.151. The molecule has 1 heterocycles. The zero-order valence-corrected chi connectivity index (χ0v) is 8.28. The van der Waals surface area contributed by atoms with Crippen molar-refractivity contribution in [2.75, 3.05) is 0 Å². The molecule has 0 atom stereocenters. The second kappa shape index (κ2) is 4.54. The second-order valence-electron chi connectivity index (χ2n) is 2.41. The van der Waals surface area contributed by atoms with Gasteiger partial charge in [-0.1, -0.05) is 11.6 Å². The van der Waals surface area contributed by atoms with Crippen molar-refractivity contribution in [3.8, 4) is 6.07 Å². The van der Waals surface area contributed by atoms with Gasteiger partial charge in [0.1, 0.15) is 11.2 Å². The van der Waals surface area contributed by atoms with Gasteiger partial charge in [0.15, 0.2) is 0 Å². The summed E-state index contributed by atoms with van der Waals surface area (Å²) in [6.45, 7) is 0. The van der Waals surface area contributed by atoms with E-state index < -0.39 is 12.0 Å². The Morgan fingerprint density at radius 1 is 1.57 bits per heavy atom. The summed E-state index contributed by atoms with van der Waals surface area (Å²) in [4.78, 5) is 3.61. The largest absolute Gasteiger partial charge is 0.266 e. The van der Waals surface area contributed by atoms with Crippen LogP contribution in [0.3, 0.4) is 0 Å². The maximum Gasteiger partial charge on any atom is 0.266 e. The minimum atomic E-state index is -2.74. The molecule has 0 aromatic carbocycles. The van der Waals surface area contributed by atoms with Crippen molar-refractivity contribution in [3.63, 3.8) is 0 Å². The first-order chi connectivity index (χ1) is 6.60. The minimum absolute atomic E-state index is 0.0275.